The van der Waals surface area contributed by atoms with Crippen molar-refractivity contribution in [1.82, 2.24) is 5.32 Å². The van der Waals surface area contributed by atoms with Gasteiger partial charge in [0.05, 0.1) is 0 Å². The van der Waals surface area contributed by atoms with Gasteiger partial charge in [-0.1, -0.05) is 26.0 Å². The van der Waals surface area contributed by atoms with Gasteiger partial charge in [-0.3, -0.25) is 4.79 Å². The van der Waals surface area contributed by atoms with Crippen LogP contribution < -0.4 is 10.1 Å². The van der Waals surface area contributed by atoms with Crippen molar-refractivity contribution in [2.45, 2.75) is 33.1 Å². The molecule has 128 valence electrons. The van der Waals surface area contributed by atoms with Crippen molar-refractivity contribution in [2.24, 2.45) is 5.92 Å². The summed E-state index contributed by atoms with van der Waals surface area (Å²) in [6.45, 7) is 5.00. The van der Waals surface area contributed by atoms with Crippen molar-refractivity contribution < 1.29 is 13.9 Å². The highest BCUT2D eigenvalue weighted by Crippen LogP contribution is 2.22. The first-order chi connectivity index (χ1) is 11.5. The summed E-state index contributed by atoms with van der Waals surface area (Å²) in [6, 6.07) is 13.5. The van der Waals surface area contributed by atoms with Crippen LogP contribution in [0.25, 0.3) is 0 Å². The summed E-state index contributed by atoms with van der Waals surface area (Å²) in [5, 5.41) is 2.94. The lowest BCUT2D eigenvalue weighted by molar-refractivity contribution is -0.121. The first kappa shape index (κ1) is 18.0. The van der Waals surface area contributed by atoms with Crippen molar-refractivity contribution >= 4 is 5.91 Å². The first-order valence-electron chi connectivity index (χ1n) is 8.32. The molecule has 2 aromatic carbocycles. The zero-order chi connectivity index (χ0) is 17.4. The van der Waals surface area contributed by atoms with Crippen LogP contribution in [-0.2, 0) is 11.2 Å². The van der Waals surface area contributed by atoms with Gasteiger partial charge in [0.15, 0.2) is 0 Å². The van der Waals surface area contributed by atoms with Crippen LogP contribution in [0.5, 0.6) is 11.5 Å². The molecular formula is C20H24FNO2. The smallest absolute Gasteiger partial charge is 0.220 e. The lowest BCUT2D eigenvalue weighted by Gasteiger charge is -2.09. The fourth-order valence-corrected chi connectivity index (χ4v) is 2.25. The van der Waals surface area contributed by atoms with E-state index in [4.69, 9.17) is 4.74 Å². The number of carbonyl (C=O) groups excluding carboxylic acids is 1. The maximum Gasteiger partial charge on any atom is 0.220 e. The lowest BCUT2D eigenvalue weighted by Crippen LogP contribution is -2.25. The minimum absolute atomic E-state index is 0.0699. The third-order valence-corrected chi connectivity index (χ3v) is 3.63. The van der Waals surface area contributed by atoms with Crippen molar-refractivity contribution in [3.63, 3.8) is 0 Å². The second-order valence-corrected chi connectivity index (χ2v) is 6.24. The Kier molecular flexibility index (Phi) is 6.79. The normalized spacial score (nSPS) is 10.7. The summed E-state index contributed by atoms with van der Waals surface area (Å²) in [5.41, 5.74) is 1.04. The molecule has 3 nitrogen and oxygen atoms in total. The number of hydrogen-bond acceptors (Lipinski definition) is 2. The van der Waals surface area contributed by atoms with Crippen LogP contribution in [0.3, 0.4) is 0 Å². The zero-order valence-electron chi connectivity index (χ0n) is 14.2. The molecule has 1 amide bonds. The molecule has 0 saturated carbocycles. The van der Waals surface area contributed by atoms with Crippen molar-refractivity contribution in [1.29, 1.82) is 0 Å². The third kappa shape index (κ3) is 6.41. The molecule has 0 saturated heterocycles. The van der Waals surface area contributed by atoms with Gasteiger partial charge in [0.2, 0.25) is 5.91 Å². The van der Waals surface area contributed by atoms with Gasteiger partial charge >= 0.3 is 0 Å². The number of ether oxygens (including phenoxy) is 1. The van der Waals surface area contributed by atoms with E-state index >= 15 is 0 Å². The van der Waals surface area contributed by atoms with E-state index in [0.29, 0.717) is 30.3 Å². The van der Waals surface area contributed by atoms with Crippen molar-refractivity contribution in [2.75, 3.05) is 6.54 Å². The van der Waals surface area contributed by atoms with E-state index in [-0.39, 0.29) is 11.7 Å². The molecule has 0 aromatic heterocycles. The average molecular weight is 329 g/mol. The van der Waals surface area contributed by atoms with Gasteiger partial charge in [-0.15, -0.1) is 0 Å². The molecule has 0 radical (unpaired) electrons. The Balaban J connectivity index is 1.84. The molecule has 0 bridgehead atoms. The molecule has 1 N–H and O–H groups in total. The predicted molar refractivity (Wildman–Crippen MR) is 93.7 cm³/mol. The number of carbonyl (C=O) groups is 1. The van der Waals surface area contributed by atoms with Gasteiger partial charge in [0.25, 0.3) is 0 Å². The fraction of sp³-hybridized carbons (Fsp3) is 0.350. The standard InChI is InChI=1S/C20H24FNO2/c1-15(2)12-13-22-20(23)11-6-16-4-3-5-19(14-16)24-18-9-7-17(21)8-10-18/h3-5,7-10,14-15H,6,11-13H2,1-2H3,(H,22,23). The van der Waals surface area contributed by atoms with Gasteiger partial charge in [-0.05, 0) is 60.7 Å². The monoisotopic (exact) mass is 329 g/mol. The Bertz CT molecular complexity index is 653. The van der Waals surface area contributed by atoms with E-state index in [1.54, 1.807) is 12.1 Å². The molecular weight excluding hydrogens is 305 g/mol. The molecule has 0 aliphatic rings. The molecule has 0 unspecified atom stereocenters. The Morgan fingerprint density at radius 2 is 1.88 bits per heavy atom. The van der Waals surface area contributed by atoms with Gasteiger partial charge in [0, 0.05) is 13.0 Å². The van der Waals surface area contributed by atoms with Crippen LogP contribution >= 0.6 is 0 Å². The minimum atomic E-state index is -0.292. The number of aryl methyl sites for hydroxylation is 1. The number of amides is 1. The summed E-state index contributed by atoms with van der Waals surface area (Å²) in [6.07, 6.45) is 2.11. The van der Waals surface area contributed by atoms with Crippen LogP contribution in [0.2, 0.25) is 0 Å². The molecule has 2 aromatic rings. The largest absolute Gasteiger partial charge is 0.457 e. The quantitative estimate of drug-likeness (QED) is 0.761. The van der Waals surface area contributed by atoms with Crippen LogP contribution in [0.15, 0.2) is 48.5 Å². The number of hydrogen-bond donors (Lipinski definition) is 1. The second-order valence-electron chi connectivity index (χ2n) is 6.24. The minimum Gasteiger partial charge on any atom is -0.457 e. The lowest BCUT2D eigenvalue weighted by atomic mass is 10.1. The fourth-order valence-electron chi connectivity index (χ4n) is 2.25. The molecule has 4 heteroatoms. The first-order valence-corrected chi connectivity index (χ1v) is 8.32. The third-order valence-electron chi connectivity index (χ3n) is 3.63. The highest BCUT2D eigenvalue weighted by atomic mass is 19.1. The number of rotatable bonds is 8. The molecule has 0 heterocycles. The molecule has 24 heavy (non-hydrogen) atoms. The summed E-state index contributed by atoms with van der Waals surface area (Å²) in [4.78, 5) is 11.8. The summed E-state index contributed by atoms with van der Waals surface area (Å²) >= 11 is 0. The Morgan fingerprint density at radius 1 is 1.12 bits per heavy atom. The number of benzene rings is 2. The highest BCUT2D eigenvalue weighted by Gasteiger charge is 2.04. The zero-order valence-corrected chi connectivity index (χ0v) is 14.2. The van der Waals surface area contributed by atoms with Gasteiger partial charge < -0.3 is 10.1 Å². The number of halogens is 1. The predicted octanol–water partition coefficient (Wildman–Crippen LogP) is 4.71. The Hall–Kier alpha value is -2.36. The van der Waals surface area contributed by atoms with Crippen molar-refractivity contribution in [3.05, 3.63) is 59.9 Å². The summed E-state index contributed by atoms with van der Waals surface area (Å²) < 4.78 is 18.6. The van der Waals surface area contributed by atoms with E-state index < -0.39 is 0 Å². The second kappa shape index (κ2) is 9.06. The highest BCUT2D eigenvalue weighted by molar-refractivity contribution is 5.76. The molecule has 0 spiro atoms. The molecule has 0 aliphatic carbocycles. The van der Waals surface area contributed by atoms with E-state index in [1.165, 1.54) is 12.1 Å². The van der Waals surface area contributed by atoms with Gasteiger partial charge in [-0.2, -0.15) is 0 Å². The summed E-state index contributed by atoms with van der Waals surface area (Å²) in [5.74, 6) is 1.63. The van der Waals surface area contributed by atoms with E-state index in [9.17, 15) is 9.18 Å². The van der Waals surface area contributed by atoms with Crippen LogP contribution in [0.1, 0.15) is 32.3 Å². The SMILES string of the molecule is CC(C)CCNC(=O)CCc1cccc(Oc2ccc(F)cc2)c1. The molecule has 0 atom stereocenters. The van der Waals surface area contributed by atoms with Gasteiger partial charge in [-0.25, -0.2) is 4.39 Å². The molecule has 0 aliphatic heterocycles. The Labute approximate surface area is 142 Å². The van der Waals surface area contributed by atoms with Crippen LogP contribution in [-0.4, -0.2) is 12.5 Å². The molecule has 2 rings (SSSR count). The van der Waals surface area contributed by atoms with Crippen molar-refractivity contribution in [3.8, 4) is 11.5 Å². The number of nitrogens with one attached hydrogen (secondary N) is 1. The van der Waals surface area contributed by atoms with E-state index in [2.05, 4.69) is 19.2 Å². The average Bonchev–Trinajstić information content (AvgIpc) is 2.55. The van der Waals surface area contributed by atoms with E-state index in [0.717, 1.165) is 18.5 Å². The van der Waals surface area contributed by atoms with Crippen LogP contribution in [0, 0.1) is 11.7 Å². The van der Waals surface area contributed by atoms with E-state index in [1.807, 2.05) is 24.3 Å². The maximum absolute atomic E-state index is 12.9. The summed E-state index contributed by atoms with van der Waals surface area (Å²) in [7, 11) is 0. The maximum atomic E-state index is 12.9. The Morgan fingerprint density at radius 3 is 2.58 bits per heavy atom. The topological polar surface area (TPSA) is 38.3 Å². The molecule has 0 fully saturated rings. The van der Waals surface area contributed by atoms with Gasteiger partial charge in [0.1, 0.15) is 17.3 Å². The van der Waals surface area contributed by atoms with Crippen LogP contribution in [0.4, 0.5) is 4.39 Å².